The molecular weight excluding hydrogens is 353 g/mol. The van der Waals surface area contributed by atoms with E-state index in [2.05, 4.69) is 10.1 Å². The maximum Gasteiger partial charge on any atom is 0.337 e. The molecule has 0 radical (unpaired) electrons. The number of anilines is 1. The fourth-order valence-corrected chi connectivity index (χ4v) is 2.66. The molecule has 0 aromatic heterocycles. The number of aryl methyl sites for hydroxylation is 1. The summed E-state index contributed by atoms with van der Waals surface area (Å²) in [5, 5.41) is 3.50. The zero-order valence-electron chi connectivity index (χ0n) is 13.1. The van der Waals surface area contributed by atoms with Crippen LogP contribution >= 0.6 is 23.2 Å². The second kappa shape index (κ2) is 8.04. The van der Waals surface area contributed by atoms with Crippen LogP contribution in [-0.4, -0.2) is 25.6 Å². The Kier molecular flexibility index (Phi) is 6.06. The molecule has 0 unspecified atom stereocenters. The van der Waals surface area contributed by atoms with E-state index in [0.717, 1.165) is 5.56 Å². The molecule has 0 saturated heterocycles. The second-order valence-corrected chi connectivity index (χ2v) is 5.78. The van der Waals surface area contributed by atoms with E-state index in [-0.39, 0.29) is 12.5 Å². The van der Waals surface area contributed by atoms with Gasteiger partial charge in [0.2, 0.25) is 0 Å². The Balaban J connectivity index is 1.95. The van der Waals surface area contributed by atoms with Gasteiger partial charge in [0.15, 0.2) is 6.61 Å². The summed E-state index contributed by atoms with van der Waals surface area (Å²) >= 11 is 11.9. The van der Waals surface area contributed by atoms with Crippen molar-refractivity contribution in [1.82, 2.24) is 0 Å². The Bertz CT molecular complexity index is 737. The molecule has 2 aromatic rings. The van der Waals surface area contributed by atoms with Gasteiger partial charge in [0, 0.05) is 10.7 Å². The third-order valence-electron chi connectivity index (χ3n) is 3.13. The van der Waals surface area contributed by atoms with Gasteiger partial charge >= 0.3 is 5.97 Å². The quantitative estimate of drug-likeness (QED) is 0.807. The first-order valence-corrected chi connectivity index (χ1v) is 7.73. The van der Waals surface area contributed by atoms with Crippen LogP contribution in [0.5, 0.6) is 5.75 Å². The van der Waals surface area contributed by atoms with Crippen LogP contribution in [0.3, 0.4) is 0 Å². The van der Waals surface area contributed by atoms with Gasteiger partial charge in [-0.1, -0.05) is 23.2 Å². The van der Waals surface area contributed by atoms with E-state index < -0.39 is 5.97 Å². The highest BCUT2D eigenvalue weighted by atomic mass is 35.5. The lowest BCUT2D eigenvalue weighted by molar-refractivity contribution is -0.118. The number of rotatable bonds is 5. The maximum absolute atomic E-state index is 12.0. The Morgan fingerprint density at radius 2 is 1.79 bits per heavy atom. The first-order valence-electron chi connectivity index (χ1n) is 6.97. The number of benzene rings is 2. The molecule has 7 heteroatoms. The highest BCUT2D eigenvalue weighted by Crippen LogP contribution is 2.31. The first-order chi connectivity index (χ1) is 11.4. The number of ether oxygens (including phenoxy) is 2. The number of methoxy groups -OCH3 is 1. The number of halogens is 2. The summed E-state index contributed by atoms with van der Waals surface area (Å²) in [7, 11) is 1.30. The normalized spacial score (nSPS) is 10.2. The summed E-state index contributed by atoms with van der Waals surface area (Å²) in [6.07, 6.45) is 0. The molecule has 0 spiro atoms. The van der Waals surface area contributed by atoms with E-state index in [1.807, 2.05) is 0 Å². The zero-order valence-corrected chi connectivity index (χ0v) is 14.6. The molecule has 0 fully saturated rings. The molecule has 5 nitrogen and oxygen atoms in total. The Morgan fingerprint density at radius 3 is 2.38 bits per heavy atom. The lowest BCUT2D eigenvalue weighted by atomic mass is 10.2. The van der Waals surface area contributed by atoms with Crippen LogP contribution in [-0.2, 0) is 9.53 Å². The van der Waals surface area contributed by atoms with Crippen molar-refractivity contribution >= 4 is 40.8 Å². The Hall–Kier alpha value is -2.24. The number of esters is 1. The standard InChI is InChI=1S/C17H15Cl2NO4/c1-10-7-12(18)8-14(19)16(10)24-9-15(21)20-13-5-3-11(4-6-13)17(22)23-2/h3-8H,9H2,1-2H3,(H,20,21). The van der Waals surface area contributed by atoms with Gasteiger partial charge in [-0.2, -0.15) is 0 Å². The van der Waals surface area contributed by atoms with Crippen LogP contribution in [0.15, 0.2) is 36.4 Å². The molecule has 24 heavy (non-hydrogen) atoms. The highest BCUT2D eigenvalue weighted by molar-refractivity contribution is 6.35. The van der Waals surface area contributed by atoms with Gasteiger partial charge in [-0.3, -0.25) is 4.79 Å². The van der Waals surface area contributed by atoms with E-state index in [4.69, 9.17) is 27.9 Å². The summed E-state index contributed by atoms with van der Waals surface area (Å²) in [4.78, 5) is 23.3. The van der Waals surface area contributed by atoms with Gasteiger partial charge in [0.05, 0.1) is 17.7 Å². The summed E-state index contributed by atoms with van der Waals surface area (Å²) in [6, 6.07) is 9.57. The molecule has 0 aliphatic rings. The number of carbonyl (C=O) groups is 2. The van der Waals surface area contributed by atoms with E-state index in [1.54, 1.807) is 43.3 Å². The van der Waals surface area contributed by atoms with Gasteiger partial charge in [-0.15, -0.1) is 0 Å². The number of carbonyl (C=O) groups excluding carboxylic acids is 2. The van der Waals surface area contributed by atoms with Crippen LogP contribution in [0.1, 0.15) is 15.9 Å². The third kappa shape index (κ3) is 4.63. The fraction of sp³-hybridized carbons (Fsp3) is 0.176. The minimum absolute atomic E-state index is 0.207. The largest absolute Gasteiger partial charge is 0.482 e. The molecule has 0 heterocycles. The summed E-state index contributed by atoms with van der Waals surface area (Å²) < 4.78 is 10.1. The summed E-state index contributed by atoms with van der Waals surface area (Å²) in [5.41, 5.74) is 1.67. The van der Waals surface area contributed by atoms with E-state index >= 15 is 0 Å². The second-order valence-electron chi connectivity index (χ2n) is 4.94. The zero-order chi connectivity index (χ0) is 17.7. The molecule has 1 N–H and O–H groups in total. The molecule has 0 saturated carbocycles. The van der Waals surface area contributed by atoms with Gasteiger partial charge in [-0.25, -0.2) is 4.79 Å². The molecule has 0 aliphatic carbocycles. The summed E-state index contributed by atoms with van der Waals surface area (Å²) in [6.45, 7) is 1.58. The van der Waals surface area contributed by atoms with Crippen molar-refractivity contribution in [2.75, 3.05) is 19.0 Å². The molecule has 0 bridgehead atoms. The van der Waals surface area contributed by atoms with Crippen molar-refractivity contribution < 1.29 is 19.1 Å². The fourth-order valence-electron chi connectivity index (χ4n) is 2.01. The minimum Gasteiger partial charge on any atom is -0.482 e. The van der Waals surface area contributed by atoms with Gasteiger partial charge < -0.3 is 14.8 Å². The minimum atomic E-state index is -0.441. The predicted octanol–water partition coefficient (Wildman–Crippen LogP) is 4.11. The molecule has 2 rings (SSSR count). The number of hydrogen-bond acceptors (Lipinski definition) is 4. The molecule has 126 valence electrons. The monoisotopic (exact) mass is 367 g/mol. The molecule has 2 aromatic carbocycles. The molecule has 0 aliphatic heterocycles. The van der Waals surface area contributed by atoms with Crippen molar-refractivity contribution in [3.63, 3.8) is 0 Å². The highest BCUT2D eigenvalue weighted by Gasteiger charge is 2.11. The van der Waals surface area contributed by atoms with Crippen molar-refractivity contribution in [3.8, 4) is 5.75 Å². The smallest absolute Gasteiger partial charge is 0.337 e. The lowest BCUT2D eigenvalue weighted by Crippen LogP contribution is -2.20. The van der Waals surface area contributed by atoms with Crippen molar-refractivity contribution in [3.05, 3.63) is 57.6 Å². The number of amides is 1. The molecule has 0 atom stereocenters. The van der Waals surface area contributed by atoms with E-state index in [9.17, 15) is 9.59 Å². The van der Waals surface area contributed by atoms with Crippen LogP contribution in [0.25, 0.3) is 0 Å². The Labute approximate surface area is 149 Å². The molecule has 1 amide bonds. The van der Waals surface area contributed by atoms with Gasteiger partial charge in [0.25, 0.3) is 5.91 Å². The average molecular weight is 368 g/mol. The van der Waals surface area contributed by atoms with Gasteiger partial charge in [-0.05, 0) is 48.9 Å². The first kappa shape index (κ1) is 18.1. The number of nitrogens with one attached hydrogen (secondary N) is 1. The number of hydrogen-bond donors (Lipinski definition) is 1. The van der Waals surface area contributed by atoms with Crippen LogP contribution in [0.4, 0.5) is 5.69 Å². The van der Waals surface area contributed by atoms with Crippen LogP contribution < -0.4 is 10.1 Å². The van der Waals surface area contributed by atoms with Crippen molar-refractivity contribution in [2.24, 2.45) is 0 Å². The van der Waals surface area contributed by atoms with Crippen molar-refractivity contribution in [1.29, 1.82) is 0 Å². The van der Waals surface area contributed by atoms with Gasteiger partial charge in [0.1, 0.15) is 5.75 Å². The van der Waals surface area contributed by atoms with Crippen LogP contribution in [0, 0.1) is 6.92 Å². The van der Waals surface area contributed by atoms with E-state index in [0.29, 0.717) is 27.0 Å². The van der Waals surface area contributed by atoms with E-state index in [1.165, 1.54) is 7.11 Å². The topological polar surface area (TPSA) is 64.6 Å². The predicted molar refractivity (Wildman–Crippen MR) is 93.1 cm³/mol. The van der Waals surface area contributed by atoms with Crippen LogP contribution in [0.2, 0.25) is 10.0 Å². The van der Waals surface area contributed by atoms with Crippen molar-refractivity contribution in [2.45, 2.75) is 6.92 Å². The SMILES string of the molecule is COC(=O)c1ccc(NC(=O)COc2c(C)cc(Cl)cc2Cl)cc1. The third-order valence-corrected chi connectivity index (χ3v) is 3.63. The summed E-state index contributed by atoms with van der Waals surface area (Å²) in [5.74, 6) is -0.382. The maximum atomic E-state index is 12.0. The lowest BCUT2D eigenvalue weighted by Gasteiger charge is -2.11. The Morgan fingerprint density at radius 1 is 1.12 bits per heavy atom. The average Bonchev–Trinajstić information content (AvgIpc) is 2.53. The molecular formula is C17H15Cl2NO4.